The van der Waals surface area contributed by atoms with E-state index in [-0.39, 0.29) is 11.4 Å². The predicted molar refractivity (Wildman–Crippen MR) is 65.5 cm³/mol. The largest absolute Gasteiger partial charge is 0.367 e. The average Bonchev–Trinajstić information content (AvgIpc) is 2.32. The summed E-state index contributed by atoms with van der Waals surface area (Å²) in [5, 5.41) is 14.3. The summed E-state index contributed by atoms with van der Waals surface area (Å²) in [6.07, 6.45) is 0. The first-order valence-electron chi connectivity index (χ1n) is 5.22. The maximum atomic E-state index is 11.0. The molecule has 0 saturated carbocycles. The fourth-order valence-corrected chi connectivity index (χ4v) is 1.60. The number of hydrogen-bond donors (Lipinski definition) is 0. The predicted octanol–water partition coefficient (Wildman–Crippen LogP) is 3.38. The lowest BCUT2D eigenvalue weighted by molar-refractivity contribution is -0.384. The van der Waals surface area contributed by atoms with Crippen molar-refractivity contribution in [3.63, 3.8) is 0 Å². The van der Waals surface area contributed by atoms with Crippen molar-refractivity contribution >= 4 is 17.1 Å². The zero-order valence-corrected chi connectivity index (χ0v) is 9.70. The van der Waals surface area contributed by atoms with Crippen LogP contribution in [0.15, 0.2) is 23.3 Å². The summed E-state index contributed by atoms with van der Waals surface area (Å²) >= 11 is 0. The van der Waals surface area contributed by atoms with Crippen LogP contribution >= 0.6 is 0 Å². The Morgan fingerprint density at radius 3 is 2.59 bits per heavy atom. The molecule has 1 aromatic rings. The molecule has 0 unspecified atom stereocenters. The van der Waals surface area contributed by atoms with Gasteiger partial charge in [0.05, 0.1) is 4.92 Å². The van der Waals surface area contributed by atoms with E-state index in [9.17, 15) is 10.1 Å². The molecule has 0 spiro atoms. The van der Waals surface area contributed by atoms with Crippen LogP contribution in [0.2, 0.25) is 0 Å². The second-order valence-corrected chi connectivity index (χ2v) is 3.29. The van der Waals surface area contributed by atoms with Gasteiger partial charge in [-0.25, -0.2) is 0 Å². The quantitative estimate of drug-likeness (QED) is 0.257. The van der Waals surface area contributed by atoms with Crippen molar-refractivity contribution < 1.29 is 4.92 Å². The molecule has 0 heterocycles. The van der Waals surface area contributed by atoms with Crippen LogP contribution in [0.25, 0.3) is 10.4 Å². The summed E-state index contributed by atoms with van der Waals surface area (Å²) in [6, 6.07) is 4.46. The van der Waals surface area contributed by atoms with Crippen LogP contribution in [0.1, 0.15) is 13.8 Å². The molecule has 1 aromatic carbocycles. The third-order valence-corrected chi connectivity index (χ3v) is 2.42. The lowest BCUT2D eigenvalue weighted by Gasteiger charge is -2.20. The molecule has 0 aliphatic rings. The van der Waals surface area contributed by atoms with Gasteiger partial charge in [0.1, 0.15) is 5.69 Å². The third kappa shape index (κ3) is 2.85. The smallest absolute Gasteiger partial charge is 0.292 e. The van der Waals surface area contributed by atoms with Gasteiger partial charge in [0, 0.05) is 29.8 Å². The van der Waals surface area contributed by atoms with E-state index in [1.54, 1.807) is 12.1 Å². The molecular weight excluding hydrogens is 222 g/mol. The normalized spacial score (nSPS) is 9.53. The fraction of sp³-hybridized carbons (Fsp3) is 0.400. The molecular formula is C10H13N5O2. The van der Waals surface area contributed by atoms with Gasteiger partial charge in [0.2, 0.25) is 0 Å². The highest BCUT2D eigenvalue weighted by Gasteiger charge is 2.17. The van der Waals surface area contributed by atoms with Crippen LogP contribution in [0.4, 0.5) is 17.1 Å². The molecule has 0 radical (unpaired) electrons. The van der Waals surface area contributed by atoms with Gasteiger partial charge in [0.15, 0.2) is 0 Å². The minimum Gasteiger partial charge on any atom is -0.367 e. The van der Waals surface area contributed by atoms with Gasteiger partial charge in [-0.3, -0.25) is 10.1 Å². The maximum Gasteiger partial charge on any atom is 0.292 e. The first-order valence-corrected chi connectivity index (χ1v) is 5.22. The minimum atomic E-state index is -0.468. The van der Waals surface area contributed by atoms with Crippen molar-refractivity contribution in [2.75, 3.05) is 18.0 Å². The van der Waals surface area contributed by atoms with Gasteiger partial charge < -0.3 is 4.90 Å². The summed E-state index contributed by atoms with van der Waals surface area (Å²) in [5.74, 6) is 0. The number of hydrogen-bond acceptors (Lipinski definition) is 4. The molecule has 0 aromatic heterocycles. The zero-order chi connectivity index (χ0) is 12.8. The summed E-state index contributed by atoms with van der Waals surface area (Å²) in [6.45, 7) is 5.21. The Morgan fingerprint density at radius 2 is 2.12 bits per heavy atom. The van der Waals surface area contributed by atoms with Crippen LogP contribution in [0.5, 0.6) is 0 Å². The van der Waals surface area contributed by atoms with Gasteiger partial charge in [-0.05, 0) is 25.4 Å². The van der Waals surface area contributed by atoms with Crippen molar-refractivity contribution in [2.45, 2.75) is 13.8 Å². The number of rotatable bonds is 5. The van der Waals surface area contributed by atoms with E-state index in [2.05, 4.69) is 10.0 Å². The van der Waals surface area contributed by atoms with Crippen molar-refractivity contribution in [1.82, 2.24) is 0 Å². The van der Waals surface area contributed by atoms with E-state index in [0.29, 0.717) is 18.8 Å². The maximum absolute atomic E-state index is 11.0. The molecule has 0 atom stereocenters. The van der Waals surface area contributed by atoms with Crippen LogP contribution < -0.4 is 4.90 Å². The van der Waals surface area contributed by atoms with E-state index in [1.807, 2.05) is 18.7 Å². The van der Waals surface area contributed by atoms with E-state index in [0.717, 1.165) is 0 Å². The molecule has 90 valence electrons. The number of nitro groups is 1. The summed E-state index contributed by atoms with van der Waals surface area (Å²) in [4.78, 5) is 15.0. The number of anilines is 1. The Kier molecular flexibility index (Phi) is 4.30. The van der Waals surface area contributed by atoms with Gasteiger partial charge >= 0.3 is 0 Å². The number of nitrogens with zero attached hydrogens (tertiary/aromatic N) is 5. The first-order chi connectivity index (χ1) is 8.13. The number of benzene rings is 1. The lowest BCUT2D eigenvalue weighted by atomic mass is 10.2. The van der Waals surface area contributed by atoms with Crippen molar-refractivity contribution in [1.29, 1.82) is 0 Å². The summed E-state index contributed by atoms with van der Waals surface area (Å²) in [7, 11) is 0. The van der Waals surface area contributed by atoms with E-state index >= 15 is 0 Å². The van der Waals surface area contributed by atoms with Crippen LogP contribution in [-0.4, -0.2) is 18.0 Å². The molecule has 1 rings (SSSR count). The minimum absolute atomic E-state index is 0.0430. The summed E-state index contributed by atoms with van der Waals surface area (Å²) in [5.41, 5.74) is 9.04. The lowest BCUT2D eigenvalue weighted by Crippen LogP contribution is -2.22. The Hall–Kier alpha value is -2.27. The second-order valence-electron chi connectivity index (χ2n) is 3.29. The molecule has 0 fully saturated rings. The molecule has 0 amide bonds. The van der Waals surface area contributed by atoms with Crippen molar-refractivity contribution in [2.24, 2.45) is 5.11 Å². The SMILES string of the molecule is CCN(CC)c1ccc(N=[N+]=[N-])cc1[N+](=O)[O-]. The monoisotopic (exact) mass is 235 g/mol. The number of azide groups is 1. The van der Waals surface area contributed by atoms with Gasteiger partial charge in [-0.1, -0.05) is 11.2 Å². The topological polar surface area (TPSA) is 95.1 Å². The molecule has 7 nitrogen and oxygen atoms in total. The Bertz CT molecular complexity index is 464. The third-order valence-electron chi connectivity index (χ3n) is 2.42. The van der Waals surface area contributed by atoms with Crippen molar-refractivity contribution in [3.05, 3.63) is 38.8 Å². The summed E-state index contributed by atoms with van der Waals surface area (Å²) < 4.78 is 0. The fourth-order valence-electron chi connectivity index (χ4n) is 1.60. The molecule has 0 N–H and O–H groups in total. The molecule has 17 heavy (non-hydrogen) atoms. The molecule has 0 aliphatic heterocycles. The van der Waals surface area contributed by atoms with E-state index in [1.165, 1.54) is 6.07 Å². The highest BCUT2D eigenvalue weighted by atomic mass is 16.6. The highest BCUT2D eigenvalue weighted by molar-refractivity contribution is 5.67. The van der Waals surface area contributed by atoms with Gasteiger partial charge in [-0.15, -0.1) is 0 Å². The Morgan fingerprint density at radius 1 is 1.47 bits per heavy atom. The standard InChI is InChI=1S/C10H13N5O2/c1-3-14(4-2)9-6-5-8(12-13-11)7-10(9)15(16)17/h5-7H,3-4H2,1-2H3. The molecule has 0 bridgehead atoms. The van der Waals surface area contributed by atoms with E-state index < -0.39 is 4.92 Å². The van der Waals surface area contributed by atoms with Gasteiger partial charge in [0.25, 0.3) is 5.69 Å². The number of nitro benzene ring substituents is 1. The Labute approximate surface area is 98.4 Å². The average molecular weight is 235 g/mol. The highest BCUT2D eigenvalue weighted by Crippen LogP contribution is 2.32. The van der Waals surface area contributed by atoms with Crippen LogP contribution in [-0.2, 0) is 0 Å². The molecule has 0 saturated heterocycles. The van der Waals surface area contributed by atoms with Crippen molar-refractivity contribution in [3.8, 4) is 0 Å². The van der Waals surface area contributed by atoms with Crippen LogP contribution in [0, 0.1) is 10.1 Å². The first kappa shape index (κ1) is 12.8. The molecule has 7 heteroatoms. The van der Waals surface area contributed by atoms with E-state index in [4.69, 9.17) is 5.53 Å². The Balaban J connectivity index is 3.30. The second kappa shape index (κ2) is 5.72. The zero-order valence-electron chi connectivity index (χ0n) is 9.70. The van der Waals surface area contributed by atoms with Crippen LogP contribution in [0.3, 0.4) is 0 Å². The molecule has 0 aliphatic carbocycles. The van der Waals surface area contributed by atoms with Gasteiger partial charge in [-0.2, -0.15) is 0 Å².